The number of methoxy groups -OCH3 is 2. The van der Waals surface area contributed by atoms with E-state index in [4.69, 9.17) is 9.47 Å². The normalized spacial score (nSPS) is 14.4. The Hall–Kier alpha value is -1.06. The van der Waals surface area contributed by atoms with Crippen LogP contribution in [0, 0.1) is 0 Å². The van der Waals surface area contributed by atoms with Gasteiger partial charge in [0.1, 0.15) is 5.75 Å². The maximum absolute atomic E-state index is 5.36. The average Bonchev–Trinajstić information content (AvgIpc) is 2.36. The molecular formula is C14H23NO2. The smallest absolute Gasteiger partial charge is 0.123 e. The second-order valence-corrected chi connectivity index (χ2v) is 4.31. The summed E-state index contributed by atoms with van der Waals surface area (Å²) in [6.07, 6.45) is 1.01. The molecule has 0 aliphatic rings. The third-order valence-corrected chi connectivity index (χ3v) is 2.89. The number of hydrogen-bond acceptors (Lipinski definition) is 3. The average molecular weight is 237 g/mol. The van der Waals surface area contributed by atoms with E-state index < -0.39 is 0 Å². The molecule has 1 aromatic carbocycles. The maximum Gasteiger partial charge on any atom is 0.123 e. The molecule has 1 N–H and O–H groups in total. The summed E-state index contributed by atoms with van der Waals surface area (Å²) in [6.45, 7) is 5.11. The molecule has 0 fully saturated rings. The fourth-order valence-electron chi connectivity index (χ4n) is 1.92. The summed E-state index contributed by atoms with van der Waals surface area (Å²) >= 11 is 0. The van der Waals surface area contributed by atoms with E-state index in [9.17, 15) is 0 Å². The molecule has 0 aromatic heterocycles. The lowest BCUT2D eigenvalue weighted by molar-refractivity contribution is 0.183. The maximum atomic E-state index is 5.36. The SMILES string of the molecule is COCCC(C)N[C@@H](C)c1ccccc1OC. The highest BCUT2D eigenvalue weighted by molar-refractivity contribution is 5.35. The van der Waals surface area contributed by atoms with Crippen LogP contribution in [0.4, 0.5) is 0 Å². The van der Waals surface area contributed by atoms with Crippen molar-refractivity contribution in [3.05, 3.63) is 29.8 Å². The first kappa shape index (κ1) is 14.0. The molecule has 0 radical (unpaired) electrons. The Balaban J connectivity index is 2.59. The van der Waals surface area contributed by atoms with Gasteiger partial charge in [-0.05, 0) is 26.3 Å². The number of ether oxygens (including phenoxy) is 2. The van der Waals surface area contributed by atoms with E-state index in [1.807, 2.05) is 18.2 Å². The van der Waals surface area contributed by atoms with Crippen molar-refractivity contribution in [2.24, 2.45) is 0 Å². The molecule has 96 valence electrons. The first-order valence-corrected chi connectivity index (χ1v) is 6.07. The molecule has 0 aliphatic heterocycles. The van der Waals surface area contributed by atoms with Crippen molar-refractivity contribution >= 4 is 0 Å². The lowest BCUT2D eigenvalue weighted by Gasteiger charge is -2.21. The van der Waals surface area contributed by atoms with Gasteiger partial charge >= 0.3 is 0 Å². The summed E-state index contributed by atoms with van der Waals surface area (Å²) in [6, 6.07) is 8.82. The minimum Gasteiger partial charge on any atom is -0.496 e. The lowest BCUT2D eigenvalue weighted by Crippen LogP contribution is -2.30. The standard InChI is InChI=1S/C14H23NO2/c1-11(9-10-16-3)15-12(2)13-7-5-6-8-14(13)17-4/h5-8,11-12,15H,9-10H2,1-4H3/t11?,12-/m0/s1. The zero-order valence-corrected chi connectivity index (χ0v) is 11.2. The van der Waals surface area contributed by atoms with E-state index in [1.54, 1.807) is 14.2 Å². The van der Waals surface area contributed by atoms with Gasteiger partial charge in [-0.25, -0.2) is 0 Å². The van der Waals surface area contributed by atoms with E-state index >= 15 is 0 Å². The Bertz CT molecular complexity index is 328. The Labute approximate surface area is 104 Å². The summed E-state index contributed by atoms with van der Waals surface area (Å²) < 4.78 is 10.4. The van der Waals surface area contributed by atoms with Crippen LogP contribution in [0.3, 0.4) is 0 Å². The van der Waals surface area contributed by atoms with Crippen LogP contribution in [-0.4, -0.2) is 26.9 Å². The van der Waals surface area contributed by atoms with E-state index in [0.717, 1.165) is 18.8 Å². The van der Waals surface area contributed by atoms with Gasteiger partial charge in [-0.15, -0.1) is 0 Å². The second kappa shape index (κ2) is 7.30. The summed E-state index contributed by atoms with van der Waals surface area (Å²) in [7, 11) is 3.44. The molecule has 0 amide bonds. The first-order valence-electron chi connectivity index (χ1n) is 6.07. The summed E-state index contributed by atoms with van der Waals surface area (Å²) in [4.78, 5) is 0. The zero-order valence-electron chi connectivity index (χ0n) is 11.2. The van der Waals surface area contributed by atoms with Crippen molar-refractivity contribution in [1.29, 1.82) is 0 Å². The van der Waals surface area contributed by atoms with Crippen LogP contribution >= 0.6 is 0 Å². The van der Waals surface area contributed by atoms with Gasteiger partial charge in [0.05, 0.1) is 7.11 Å². The molecule has 1 aromatic rings. The number of nitrogens with one attached hydrogen (secondary N) is 1. The van der Waals surface area contributed by atoms with Gasteiger partial charge < -0.3 is 14.8 Å². The Kier molecular flexibility index (Phi) is 6.01. The van der Waals surface area contributed by atoms with E-state index in [0.29, 0.717) is 6.04 Å². The van der Waals surface area contributed by atoms with E-state index in [-0.39, 0.29) is 6.04 Å². The topological polar surface area (TPSA) is 30.5 Å². The van der Waals surface area contributed by atoms with Gasteiger partial charge in [0, 0.05) is 31.4 Å². The van der Waals surface area contributed by atoms with Gasteiger partial charge in [0.15, 0.2) is 0 Å². The molecule has 2 atom stereocenters. The van der Waals surface area contributed by atoms with Crippen molar-refractivity contribution in [2.45, 2.75) is 32.4 Å². The number of benzene rings is 1. The van der Waals surface area contributed by atoms with Crippen LogP contribution in [0.1, 0.15) is 31.9 Å². The van der Waals surface area contributed by atoms with Crippen LogP contribution in [-0.2, 0) is 4.74 Å². The van der Waals surface area contributed by atoms with E-state index in [1.165, 1.54) is 5.56 Å². The summed E-state index contributed by atoms with van der Waals surface area (Å²) in [5.41, 5.74) is 1.19. The molecule has 0 heterocycles. The molecule has 0 bridgehead atoms. The Morgan fingerprint density at radius 2 is 1.88 bits per heavy atom. The van der Waals surface area contributed by atoms with Gasteiger partial charge in [0.25, 0.3) is 0 Å². The third kappa shape index (κ3) is 4.36. The molecule has 0 saturated carbocycles. The highest BCUT2D eigenvalue weighted by atomic mass is 16.5. The van der Waals surface area contributed by atoms with Gasteiger partial charge in [-0.3, -0.25) is 0 Å². The lowest BCUT2D eigenvalue weighted by atomic mass is 10.1. The van der Waals surface area contributed by atoms with Gasteiger partial charge in [-0.2, -0.15) is 0 Å². The number of rotatable bonds is 7. The van der Waals surface area contributed by atoms with Crippen LogP contribution in [0.2, 0.25) is 0 Å². The van der Waals surface area contributed by atoms with Crippen LogP contribution in [0.5, 0.6) is 5.75 Å². The van der Waals surface area contributed by atoms with Crippen molar-refractivity contribution < 1.29 is 9.47 Å². The van der Waals surface area contributed by atoms with E-state index in [2.05, 4.69) is 25.2 Å². The predicted octanol–water partition coefficient (Wildman–Crippen LogP) is 2.77. The highest BCUT2D eigenvalue weighted by Gasteiger charge is 2.12. The number of hydrogen-bond donors (Lipinski definition) is 1. The van der Waals surface area contributed by atoms with Crippen LogP contribution in [0.15, 0.2) is 24.3 Å². The fraction of sp³-hybridized carbons (Fsp3) is 0.571. The molecule has 3 nitrogen and oxygen atoms in total. The largest absolute Gasteiger partial charge is 0.496 e. The first-order chi connectivity index (χ1) is 8.19. The summed E-state index contributed by atoms with van der Waals surface area (Å²) in [5.74, 6) is 0.937. The van der Waals surface area contributed by atoms with Crippen molar-refractivity contribution in [1.82, 2.24) is 5.32 Å². The van der Waals surface area contributed by atoms with Crippen LogP contribution < -0.4 is 10.1 Å². The monoisotopic (exact) mass is 237 g/mol. The van der Waals surface area contributed by atoms with Gasteiger partial charge in [0.2, 0.25) is 0 Å². The quantitative estimate of drug-likeness (QED) is 0.791. The third-order valence-electron chi connectivity index (χ3n) is 2.89. The Morgan fingerprint density at radius 1 is 1.18 bits per heavy atom. The molecule has 0 spiro atoms. The summed E-state index contributed by atoms with van der Waals surface area (Å²) in [5, 5.41) is 3.55. The van der Waals surface area contributed by atoms with Crippen molar-refractivity contribution in [3.63, 3.8) is 0 Å². The van der Waals surface area contributed by atoms with Crippen molar-refractivity contribution in [3.8, 4) is 5.75 Å². The second-order valence-electron chi connectivity index (χ2n) is 4.31. The minimum atomic E-state index is 0.276. The molecule has 0 aliphatic carbocycles. The van der Waals surface area contributed by atoms with Gasteiger partial charge in [-0.1, -0.05) is 18.2 Å². The minimum absolute atomic E-state index is 0.276. The molecule has 3 heteroatoms. The Morgan fingerprint density at radius 3 is 2.53 bits per heavy atom. The molecule has 17 heavy (non-hydrogen) atoms. The molecule has 1 unspecified atom stereocenters. The molecule has 0 saturated heterocycles. The predicted molar refractivity (Wildman–Crippen MR) is 70.5 cm³/mol. The van der Waals surface area contributed by atoms with Crippen molar-refractivity contribution in [2.75, 3.05) is 20.8 Å². The zero-order chi connectivity index (χ0) is 12.7. The highest BCUT2D eigenvalue weighted by Crippen LogP contribution is 2.24. The molecule has 1 rings (SSSR count). The number of para-hydroxylation sites is 1. The van der Waals surface area contributed by atoms with Crippen LogP contribution in [0.25, 0.3) is 0 Å². The fourth-order valence-corrected chi connectivity index (χ4v) is 1.92. The molecular weight excluding hydrogens is 214 g/mol.